The Morgan fingerprint density at radius 3 is 2.59 bits per heavy atom. The fourth-order valence-electron chi connectivity index (χ4n) is 3.15. The lowest BCUT2D eigenvalue weighted by atomic mass is 9.93. The molecule has 0 radical (unpaired) electrons. The highest BCUT2D eigenvalue weighted by molar-refractivity contribution is 4.73. The fourth-order valence-corrected chi connectivity index (χ4v) is 3.15. The van der Waals surface area contributed by atoms with Crippen LogP contribution in [0.5, 0.6) is 0 Å². The minimum atomic E-state index is 0.574. The molecule has 3 heteroatoms. The minimum Gasteiger partial charge on any atom is -0.378 e. The molecular formula is C14H28N2O. The lowest BCUT2D eigenvalue weighted by molar-refractivity contribution is 0.0958. The summed E-state index contributed by atoms with van der Waals surface area (Å²) in [5, 5.41) is 0. The first-order valence-corrected chi connectivity index (χ1v) is 7.42. The highest BCUT2D eigenvalue weighted by Crippen LogP contribution is 2.21. The van der Waals surface area contributed by atoms with Crippen molar-refractivity contribution in [2.75, 3.05) is 32.8 Å². The highest BCUT2D eigenvalue weighted by Gasteiger charge is 2.19. The molecule has 3 nitrogen and oxygen atoms in total. The van der Waals surface area contributed by atoms with E-state index in [0.717, 1.165) is 19.1 Å². The summed E-state index contributed by atoms with van der Waals surface area (Å²) >= 11 is 0. The second-order valence-corrected chi connectivity index (χ2v) is 5.64. The van der Waals surface area contributed by atoms with Crippen molar-refractivity contribution in [1.82, 2.24) is 4.90 Å². The van der Waals surface area contributed by atoms with Gasteiger partial charge in [-0.3, -0.25) is 0 Å². The zero-order valence-electron chi connectivity index (χ0n) is 11.1. The number of piperidine rings is 1. The molecule has 0 amide bonds. The highest BCUT2D eigenvalue weighted by atomic mass is 16.5. The van der Waals surface area contributed by atoms with Crippen LogP contribution in [0.25, 0.3) is 0 Å². The predicted octanol–water partition coefficient (Wildman–Crippen LogP) is 2.01. The maximum atomic E-state index is 5.66. The first-order valence-electron chi connectivity index (χ1n) is 7.42. The van der Waals surface area contributed by atoms with Crippen molar-refractivity contribution >= 4 is 0 Å². The van der Waals surface area contributed by atoms with Gasteiger partial charge in [0.15, 0.2) is 0 Å². The van der Waals surface area contributed by atoms with E-state index in [2.05, 4.69) is 4.90 Å². The van der Waals surface area contributed by atoms with Gasteiger partial charge in [-0.25, -0.2) is 0 Å². The Bertz CT molecular complexity index is 196. The Balaban J connectivity index is 1.52. The third-order valence-corrected chi connectivity index (χ3v) is 4.31. The van der Waals surface area contributed by atoms with Gasteiger partial charge in [-0.2, -0.15) is 0 Å². The smallest absolute Gasteiger partial charge is 0.0576 e. The summed E-state index contributed by atoms with van der Waals surface area (Å²) < 4.78 is 5.66. The Labute approximate surface area is 106 Å². The van der Waals surface area contributed by atoms with Crippen molar-refractivity contribution < 1.29 is 4.74 Å². The lowest BCUT2D eigenvalue weighted by Crippen LogP contribution is -2.35. The van der Waals surface area contributed by atoms with Gasteiger partial charge in [0.25, 0.3) is 0 Å². The van der Waals surface area contributed by atoms with Gasteiger partial charge in [-0.1, -0.05) is 0 Å². The molecule has 0 bridgehead atoms. The third kappa shape index (κ3) is 4.57. The number of ether oxygens (including phenoxy) is 1. The van der Waals surface area contributed by atoms with Crippen LogP contribution < -0.4 is 5.73 Å². The standard InChI is InChI=1S/C14H28N2O/c15-8-5-13-6-10-16(11-7-13)9-1-3-14-4-2-12-17-14/h13-14H,1-12,15H2. The molecule has 2 aliphatic heterocycles. The van der Waals surface area contributed by atoms with E-state index in [1.54, 1.807) is 0 Å². The fraction of sp³-hybridized carbons (Fsp3) is 1.00. The van der Waals surface area contributed by atoms with Crippen LogP contribution in [0.15, 0.2) is 0 Å². The maximum Gasteiger partial charge on any atom is 0.0576 e. The van der Waals surface area contributed by atoms with E-state index in [1.165, 1.54) is 64.6 Å². The van der Waals surface area contributed by atoms with Gasteiger partial charge >= 0.3 is 0 Å². The van der Waals surface area contributed by atoms with E-state index in [4.69, 9.17) is 10.5 Å². The average Bonchev–Trinajstić information content (AvgIpc) is 2.85. The summed E-state index contributed by atoms with van der Waals surface area (Å²) in [4.78, 5) is 2.63. The quantitative estimate of drug-likeness (QED) is 0.772. The number of hydrogen-bond acceptors (Lipinski definition) is 3. The first-order chi connectivity index (χ1) is 8.38. The molecule has 0 aromatic rings. The second-order valence-electron chi connectivity index (χ2n) is 5.64. The molecule has 0 saturated carbocycles. The summed E-state index contributed by atoms with van der Waals surface area (Å²) in [6.45, 7) is 5.71. The molecule has 100 valence electrons. The Kier molecular flexibility index (Phi) is 5.75. The summed E-state index contributed by atoms with van der Waals surface area (Å²) in [7, 11) is 0. The van der Waals surface area contributed by atoms with Crippen LogP contribution >= 0.6 is 0 Å². The Morgan fingerprint density at radius 1 is 1.12 bits per heavy atom. The molecule has 0 aromatic heterocycles. The molecule has 2 saturated heterocycles. The van der Waals surface area contributed by atoms with E-state index < -0.39 is 0 Å². The van der Waals surface area contributed by atoms with Crippen LogP contribution in [-0.2, 0) is 4.74 Å². The number of hydrogen-bond donors (Lipinski definition) is 1. The van der Waals surface area contributed by atoms with E-state index in [1.807, 2.05) is 0 Å². The van der Waals surface area contributed by atoms with Crippen LogP contribution in [0.3, 0.4) is 0 Å². The second kappa shape index (κ2) is 7.34. The Morgan fingerprint density at radius 2 is 1.94 bits per heavy atom. The monoisotopic (exact) mass is 240 g/mol. The third-order valence-electron chi connectivity index (χ3n) is 4.31. The van der Waals surface area contributed by atoms with Crippen LogP contribution in [0.1, 0.15) is 44.9 Å². The molecule has 2 aliphatic rings. The van der Waals surface area contributed by atoms with Gasteiger partial charge in [-0.05, 0) is 77.0 Å². The number of likely N-dealkylation sites (tertiary alicyclic amines) is 1. The summed E-state index contributed by atoms with van der Waals surface area (Å²) in [5.41, 5.74) is 5.62. The van der Waals surface area contributed by atoms with E-state index in [-0.39, 0.29) is 0 Å². The van der Waals surface area contributed by atoms with Gasteiger partial charge < -0.3 is 15.4 Å². The van der Waals surface area contributed by atoms with Crippen molar-refractivity contribution in [3.63, 3.8) is 0 Å². The van der Waals surface area contributed by atoms with Crippen molar-refractivity contribution in [2.24, 2.45) is 11.7 Å². The molecule has 2 heterocycles. The molecule has 1 atom stereocenters. The predicted molar refractivity (Wildman–Crippen MR) is 71.0 cm³/mol. The minimum absolute atomic E-state index is 0.574. The first kappa shape index (κ1) is 13.3. The normalized spacial score (nSPS) is 27.7. The summed E-state index contributed by atoms with van der Waals surface area (Å²) in [5.74, 6) is 0.898. The van der Waals surface area contributed by atoms with Crippen molar-refractivity contribution in [1.29, 1.82) is 0 Å². The van der Waals surface area contributed by atoms with Gasteiger partial charge in [0, 0.05) is 6.61 Å². The van der Waals surface area contributed by atoms with Gasteiger partial charge in [0.1, 0.15) is 0 Å². The summed E-state index contributed by atoms with van der Waals surface area (Å²) in [6, 6.07) is 0. The molecule has 1 unspecified atom stereocenters. The molecule has 2 rings (SSSR count). The lowest BCUT2D eigenvalue weighted by Gasteiger charge is -2.31. The summed E-state index contributed by atoms with van der Waals surface area (Å²) in [6.07, 6.45) is 9.66. The van der Waals surface area contributed by atoms with E-state index >= 15 is 0 Å². The van der Waals surface area contributed by atoms with Gasteiger partial charge in [0.2, 0.25) is 0 Å². The maximum absolute atomic E-state index is 5.66. The van der Waals surface area contributed by atoms with Crippen LogP contribution in [0.2, 0.25) is 0 Å². The molecule has 0 spiro atoms. The van der Waals surface area contributed by atoms with Gasteiger partial charge in [0.05, 0.1) is 6.10 Å². The molecule has 0 aliphatic carbocycles. The number of nitrogens with two attached hydrogens (primary N) is 1. The van der Waals surface area contributed by atoms with Crippen molar-refractivity contribution in [2.45, 2.75) is 51.0 Å². The van der Waals surface area contributed by atoms with Crippen molar-refractivity contribution in [3.8, 4) is 0 Å². The van der Waals surface area contributed by atoms with Gasteiger partial charge in [-0.15, -0.1) is 0 Å². The number of nitrogens with zero attached hydrogens (tertiary/aromatic N) is 1. The zero-order chi connectivity index (χ0) is 11.9. The topological polar surface area (TPSA) is 38.5 Å². The molecule has 0 aromatic carbocycles. The van der Waals surface area contributed by atoms with E-state index in [0.29, 0.717) is 6.10 Å². The molecule has 2 fully saturated rings. The Hall–Kier alpha value is -0.120. The zero-order valence-corrected chi connectivity index (χ0v) is 11.1. The van der Waals surface area contributed by atoms with Crippen molar-refractivity contribution in [3.05, 3.63) is 0 Å². The van der Waals surface area contributed by atoms with E-state index in [9.17, 15) is 0 Å². The van der Waals surface area contributed by atoms with Crippen LogP contribution in [-0.4, -0.2) is 43.8 Å². The number of rotatable bonds is 6. The molecular weight excluding hydrogens is 212 g/mol. The average molecular weight is 240 g/mol. The van der Waals surface area contributed by atoms with Crippen LogP contribution in [0.4, 0.5) is 0 Å². The van der Waals surface area contributed by atoms with Crippen LogP contribution in [0, 0.1) is 5.92 Å². The molecule has 17 heavy (non-hydrogen) atoms. The largest absolute Gasteiger partial charge is 0.378 e. The SMILES string of the molecule is NCCC1CCN(CCCC2CCCO2)CC1. The molecule has 2 N–H and O–H groups in total.